The SMILES string of the molecule is CC=C(C=CCC(C)c1ncc[nH]1)OCCN(C)C. The summed E-state index contributed by atoms with van der Waals surface area (Å²) >= 11 is 0. The fraction of sp³-hybridized carbons (Fsp3) is 0.533. The fourth-order valence-corrected chi connectivity index (χ4v) is 1.62. The lowest BCUT2D eigenvalue weighted by Crippen LogP contribution is -2.17. The highest BCUT2D eigenvalue weighted by atomic mass is 16.5. The van der Waals surface area contributed by atoms with E-state index in [1.54, 1.807) is 6.20 Å². The minimum Gasteiger partial charge on any atom is -0.493 e. The molecule has 19 heavy (non-hydrogen) atoms. The summed E-state index contributed by atoms with van der Waals surface area (Å²) in [6.07, 6.45) is 10.8. The van der Waals surface area contributed by atoms with Crippen molar-refractivity contribution in [1.82, 2.24) is 14.9 Å². The van der Waals surface area contributed by atoms with Crippen LogP contribution in [0.4, 0.5) is 0 Å². The van der Waals surface area contributed by atoms with Crippen LogP contribution in [0, 0.1) is 0 Å². The minimum absolute atomic E-state index is 0.395. The Balaban J connectivity index is 2.33. The third kappa shape index (κ3) is 6.25. The van der Waals surface area contributed by atoms with Crippen LogP contribution in [0.2, 0.25) is 0 Å². The van der Waals surface area contributed by atoms with Crippen molar-refractivity contribution in [2.75, 3.05) is 27.2 Å². The summed E-state index contributed by atoms with van der Waals surface area (Å²) in [6.45, 7) is 5.79. The molecule has 0 aliphatic rings. The molecule has 1 N–H and O–H groups in total. The molecule has 4 heteroatoms. The topological polar surface area (TPSA) is 41.1 Å². The van der Waals surface area contributed by atoms with Crippen LogP contribution in [-0.4, -0.2) is 42.1 Å². The summed E-state index contributed by atoms with van der Waals surface area (Å²) in [5, 5.41) is 0. The lowest BCUT2D eigenvalue weighted by Gasteiger charge is -2.11. The van der Waals surface area contributed by atoms with E-state index in [4.69, 9.17) is 4.74 Å². The fourth-order valence-electron chi connectivity index (χ4n) is 1.62. The predicted octanol–water partition coefficient (Wildman–Crippen LogP) is 2.94. The summed E-state index contributed by atoms with van der Waals surface area (Å²) in [5.74, 6) is 2.35. The van der Waals surface area contributed by atoms with Gasteiger partial charge < -0.3 is 14.6 Å². The van der Waals surface area contributed by atoms with Crippen LogP contribution < -0.4 is 0 Å². The van der Waals surface area contributed by atoms with Crippen molar-refractivity contribution in [1.29, 1.82) is 0 Å². The first kappa shape index (κ1) is 15.5. The van der Waals surface area contributed by atoms with Crippen LogP contribution in [0.1, 0.15) is 32.0 Å². The molecule has 0 bridgehead atoms. The molecule has 1 unspecified atom stereocenters. The Bertz CT molecular complexity index is 394. The molecule has 0 saturated carbocycles. The maximum atomic E-state index is 5.68. The van der Waals surface area contributed by atoms with Crippen molar-refractivity contribution in [2.45, 2.75) is 26.2 Å². The van der Waals surface area contributed by atoms with Crippen molar-refractivity contribution >= 4 is 0 Å². The molecule has 1 atom stereocenters. The molecule has 1 heterocycles. The van der Waals surface area contributed by atoms with Crippen LogP contribution in [-0.2, 0) is 4.74 Å². The first-order chi connectivity index (χ1) is 9.13. The molecule has 0 amide bonds. The second kappa shape index (κ2) is 8.53. The van der Waals surface area contributed by atoms with Gasteiger partial charge in [-0.15, -0.1) is 0 Å². The number of imidazole rings is 1. The van der Waals surface area contributed by atoms with E-state index in [1.807, 2.05) is 39.4 Å². The highest BCUT2D eigenvalue weighted by Crippen LogP contribution is 2.15. The third-order valence-electron chi connectivity index (χ3n) is 2.85. The second-order valence-electron chi connectivity index (χ2n) is 4.86. The van der Waals surface area contributed by atoms with E-state index >= 15 is 0 Å². The van der Waals surface area contributed by atoms with Crippen molar-refractivity contribution in [3.63, 3.8) is 0 Å². The maximum Gasteiger partial charge on any atom is 0.114 e. The highest BCUT2D eigenvalue weighted by Gasteiger charge is 2.04. The standard InChI is InChI=1S/C15H25N3O/c1-5-14(19-12-11-18(3)4)8-6-7-13(2)15-16-9-10-17-15/h5-6,8-10,13H,7,11-12H2,1-4H3,(H,16,17). The van der Waals surface area contributed by atoms with Gasteiger partial charge in [0, 0.05) is 24.9 Å². The number of nitrogens with zero attached hydrogens (tertiary/aromatic N) is 2. The van der Waals surface area contributed by atoms with Gasteiger partial charge in [-0.25, -0.2) is 4.98 Å². The molecule has 1 rings (SSSR count). The smallest absolute Gasteiger partial charge is 0.114 e. The van der Waals surface area contributed by atoms with Gasteiger partial charge in [-0.3, -0.25) is 0 Å². The number of likely N-dealkylation sites (N-methyl/N-ethyl adjacent to an activating group) is 1. The zero-order valence-corrected chi connectivity index (χ0v) is 12.4. The number of aromatic nitrogens is 2. The lowest BCUT2D eigenvalue weighted by molar-refractivity contribution is 0.192. The monoisotopic (exact) mass is 263 g/mol. The summed E-state index contributed by atoms with van der Waals surface area (Å²) in [7, 11) is 4.08. The van der Waals surface area contributed by atoms with Gasteiger partial charge in [0.2, 0.25) is 0 Å². The van der Waals surface area contributed by atoms with Crippen LogP contribution in [0.15, 0.2) is 36.4 Å². The lowest BCUT2D eigenvalue weighted by atomic mass is 10.1. The quantitative estimate of drug-likeness (QED) is 0.579. The Morgan fingerprint density at radius 2 is 2.32 bits per heavy atom. The molecule has 0 fully saturated rings. The van der Waals surface area contributed by atoms with Crippen molar-refractivity contribution < 1.29 is 4.74 Å². The van der Waals surface area contributed by atoms with Gasteiger partial charge in [0.25, 0.3) is 0 Å². The van der Waals surface area contributed by atoms with Crippen LogP contribution in [0.5, 0.6) is 0 Å². The van der Waals surface area contributed by atoms with Crippen molar-refractivity contribution in [3.8, 4) is 0 Å². The van der Waals surface area contributed by atoms with Gasteiger partial charge >= 0.3 is 0 Å². The minimum atomic E-state index is 0.395. The van der Waals surface area contributed by atoms with E-state index in [1.165, 1.54) is 0 Å². The number of hydrogen-bond donors (Lipinski definition) is 1. The van der Waals surface area contributed by atoms with Gasteiger partial charge in [0.15, 0.2) is 0 Å². The summed E-state index contributed by atoms with van der Waals surface area (Å²) in [6, 6.07) is 0. The van der Waals surface area contributed by atoms with Crippen molar-refractivity contribution in [2.24, 2.45) is 0 Å². The van der Waals surface area contributed by atoms with Crippen LogP contribution in [0.3, 0.4) is 0 Å². The first-order valence-electron chi connectivity index (χ1n) is 6.73. The van der Waals surface area contributed by atoms with E-state index in [9.17, 15) is 0 Å². The number of allylic oxidation sites excluding steroid dienone is 3. The molecule has 4 nitrogen and oxygen atoms in total. The average molecular weight is 263 g/mol. The number of H-pyrrole nitrogens is 1. The van der Waals surface area contributed by atoms with Gasteiger partial charge in [-0.2, -0.15) is 0 Å². The van der Waals surface area contributed by atoms with Gasteiger partial charge in [0.1, 0.15) is 18.2 Å². The third-order valence-corrected chi connectivity index (χ3v) is 2.85. The molecular formula is C15H25N3O. The summed E-state index contributed by atoms with van der Waals surface area (Å²) in [4.78, 5) is 9.51. The Kier molecular flexibility index (Phi) is 6.97. The maximum absolute atomic E-state index is 5.68. The zero-order valence-electron chi connectivity index (χ0n) is 12.4. The molecule has 0 saturated heterocycles. The Morgan fingerprint density at radius 3 is 2.89 bits per heavy atom. The number of hydrogen-bond acceptors (Lipinski definition) is 3. The predicted molar refractivity (Wildman–Crippen MR) is 79.0 cm³/mol. The second-order valence-corrected chi connectivity index (χ2v) is 4.86. The molecule has 106 valence electrons. The van der Waals surface area contributed by atoms with Gasteiger partial charge in [0.05, 0.1) is 0 Å². The number of nitrogens with one attached hydrogen (secondary N) is 1. The summed E-state index contributed by atoms with van der Waals surface area (Å²) in [5.41, 5.74) is 0. The largest absolute Gasteiger partial charge is 0.493 e. The average Bonchev–Trinajstić information content (AvgIpc) is 2.90. The highest BCUT2D eigenvalue weighted by molar-refractivity contribution is 5.12. The Hall–Kier alpha value is -1.55. The molecule has 0 aliphatic heterocycles. The Morgan fingerprint density at radius 1 is 1.53 bits per heavy atom. The molecule has 1 aromatic rings. The molecule has 0 spiro atoms. The molecule has 0 aliphatic carbocycles. The van der Waals surface area contributed by atoms with E-state index in [0.29, 0.717) is 12.5 Å². The van der Waals surface area contributed by atoms with Gasteiger partial charge in [-0.1, -0.05) is 13.0 Å². The molecular weight excluding hydrogens is 238 g/mol. The van der Waals surface area contributed by atoms with E-state index < -0.39 is 0 Å². The van der Waals surface area contributed by atoms with Crippen LogP contribution >= 0.6 is 0 Å². The van der Waals surface area contributed by atoms with Gasteiger partial charge in [-0.05, 0) is 39.6 Å². The van der Waals surface area contributed by atoms with Crippen LogP contribution in [0.25, 0.3) is 0 Å². The Labute approximate surface area is 116 Å². The summed E-state index contributed by atoms with van der Waals surface area (Å²) < 4.78 is 5.68. The number of aromatic amines is 1. The first-order valence-corrected chi connectivity index (χ1v) is 6.73. The number of rotatable bonds is 8. The molecule has 1 aromatic heterocycles. The van der Waals surface area contributed by atoms with E-state index in [2.05, 4.69) is 27.9 Å². The normalized spacial score (nSPS) is 14.3. The molecule has 0 radical (unpaired) electrons. The number of ether oxygens (including phenoxy) is 1. The molecule has 0 aromatic carbocycles. The van der Waals surface area contributed by atoms with E-state index in [0.717, 1.165) is 24.5 Å². The zero-order chi connectivity index (χ0) is 14.1. The van der Waals surface area contributed by atoms with Crippen molar-refractivity contribution in [3.05, 3.63) is 42.2 Å². The van der Waals surface area contributed by atoms with E-state index in [-0.39, 0.29) is 0 Å².